The van der Waals surface area contributed by atoms with Gasteiger partial charge in [0.05, 0.1) is 24.2 Å². The summed E-state index contributed by atoms with van der Waals surface area (Å²) in [6, 6.07) is 32.1. The molecule has 0 saturated heterocycles. The molecule has 13 nitrogen and oxygen atoms in total. The quantitative estimate of drug-likeness (QED) is 0.0731. The lowest BCUT2D eigenvalue weighted by atomic mass is 9.80. The topological polar surface area (TPSA) is 169 Å². The molecule has 2 aliphatic heterocycles. The maximum absolute atomic E-state index is 13.0. The molecule has 0 aromatic heterocycles. The Bertz CT molecular complexity index is 2320. The first-order valence-corrected chi connectivity index (χ1v) is 17.6. The lowest BCUT2D eigenvalue weighted by Crippen LogP contribution is -2.50. The minimum Gasteiger partial charge on any atom is -0.457 e. The number of nitrogens with zero attached hydrogens (tertiary/aromatic N) is 3. The molecule has 282 valence electrons. The van der Waals surface area contributed by atoms with Gasteiger partial charge in [0.15, 0.2) is 29.8 Å². The van der Waals surface area contributed by atoms with Crippen LogP contribution in [0.3, 0.4) is 0 Å². The third kappa shape index (κ3) is 8.21. The molecule has 0 aliphatic carbocycles. The van der Waals surface area contributed by atoms with Crippen LogP contribution in [-0.2, 0) is 45.5 Å². The summed E-state index contributed by atoms with van der Waals surface area (Å²) in [5, 5.41) is 0. The van der Waals surface area contributed by atoms with E-state index in [1.165, 1.54) is 25.3 Å². The van der Waals surface area contributed by atoms with Crippen molar-refractivity contribution in [3.8, 4) is 11.5 Å². The monoisotopic (exact) mass is 744 g/mol. The van der Waals surface area contributed by atoms with Gasteiger partial charge in [0.1, 0.15) is 5.60 Å². The Morgan fingerprint density at radius 2 is 1.18 bits per heavy atom. The van der Waals surface area contributed by atoms with E-state index in [4.69, 9.17) is 18.9 Å². The Hall–Kier alpha value is -6.47. The molecule has 0 amide bonds. The summed E-state index contributed by atoms with van der Waals surface area (Å²) in [7, 11) is 0. The standard InChI is InChI=1S/C42H40N4O9/c1-25-21-33-34(22-26(25)2)46(39-37(43-33)40(50)45-41(51)44-39)23-35(53-27(3)47)38(55-29(5)49)36(54-28(4)48)24-52-42(30-15-9-6-10-16-30,31-17-11-7-12-18-31)32-19-13-8-14-20-32/h6-22,35-36,38H,23-24H2,1-5H3,(H,45,50,51). The average Bonchev–Trinajstić information content (AvgIpc) is 3.15. The third-order valence-electron chi connectivity index (χ3n) is 9.26. The number of carbonyl (C=O) groups is 3. The van der Waals surface area contributed by atoms with Crippen LogP contribution >= 0.6 is 0 Å². The number of nitrogens with one attached hydrogen (secondary N) is 1. The molecule has 6 rings (SSSR count). The molecular formula is C42H40N4O9. The summed E-state index contributed by atoms with van der Waals surface area (Å²) >= 11 is 0. The van der Waals surface area contributed by atoms with Crippen LogP contribution in [0, 0.1) is 13.8 Å². The van der Waals surface area contributed by atoms with E-state index in [-0.39, 0.29) is 24.7 Å². The highest BCUT2D eigenvalue weighted by molar-refractivity contribution is 5.81. The van der Waals surface area contributed by atoms with Crippen LogP contribution in [0.25, 0.3) is 22.6 Å². The lowest BCUT2D eigenvalue weighted by Gasteiger charge is -2.39. The number of aryl methyl sites for hydroxylation is 2. The largest absolute Gasteiger partial charge is 0.457 e. The summed E-state index contributed by atoms with van der Waals surface area (Å²) in [6.45, 7) is 6.64. The highest BCUT2D eigenvalue weighted by atomic mass is 16.6. The van der Waals surface area contributed by atoms with Crippen LogP contribution < -0.4 is 11.2 Å². The zero-order valence-electron chi connectivity index (χ0n) is 31.0. The van der Waals surface area contributed by atoms with E-state index < -0.39 is 53.1 Å². The first-order chi connectivity index (χ1) is 26.4. The number of aromatic amines is 1. The van der Waals surface area contributed by atoms with Crippen molar-refractivity contribution in [3.05, 3.63) is 152 Å². The Morgan fingerprint density at radius 1 is 0.691 bits per heavy atom. The maximum Gasteiger partial charge on any atom is 0.349 e. The molecule has 3 unspecified atom stereocenters. The van der Waals surface area contributed by atoms with Crippen LogP contribution in [-0.4, -0.2) is 62.3 Å². The maximum atomic E-state index is 13.0. The number of esters is 3. The van der Waals surface area contributed by atoms with Gasteiger partial charge in [-0.25, -0.2) is 9.78 Å². The fourth-order valence-electron chi connectivity index (χ4n) is 6.80. The van der Waals surface area contributed by atoms with E-state index in [1.54, 1.807) is 12.1 Å². The number of hydrogen-bond acceptors (Lipinski definition) is 11. The fourth-order valence-corrected chi connectivity index (χ4v) is 6.80. The van der Waals surface area contributed by atoms with Crippen molar-refractivity contribution < 1.29 is 33.3 Å². The van der Waals surface area contributed by atoms with Gasteiger partial charge >= 0.3 is 23.6 Å². The van der Waals surface area contributed by atoms with E-state index in [0.717, 1.165) is 27.8 Å². The zero-order valence-corrected chi connectivity index (χ0v) is 31.0. The van der Waals surface area contributed by atoms with Gasteiger partial charge in [0.2, 0.25) is 0 Å². The minimum absolute atomic E-state index is 0.0974. The number of H-pyrrole nitrogens is 1. The molecule has 0 saturated carbocycles. The van der Waals surface area contributed by atoms with Crippen molar-refractivity contribution in [2.45, 2.75) is 65.1 Å². The Kier molecular flexibility index (Phi) is 11.3. The van der Waals surface area contributed by atoms with E-state index >= 15 is 0 Å². The molecule has 4 aromatic carbocycles. The van der Waals surface area contributed by atoms with Crippen LogP contribution in [0.5, 0.6) is 0 Å². The molecule has 1 N–H and O–H groups in total. The second-order valence-corrected chi connectivity index (χ2v) is 13.2. The smallest absolute Gasteiger partial charge is 0.349 e. The molecule has 0 spiro atoms. The summed E-state index contributed by atoms with van der Waals surface area (Å²) in [5.74, 6) is -2.33. The summed E-state index contributed by atoms with van der Waals surface area (Å²) in [6.07, 6.45) is -4.22. The molecule has 0 bridgehead atoms. The number of rotatable bonds is 13. The van der Waals surface area contributed by atoms with Crippen LogP contribution in [0.4, 0.5) is 0 Å². The van der Waals surface area contributed by atoms with Crippen LogP contribution in [0.15, 0.2) is 113 Å². The fraction of sp³-hybridized carbons (Fsp3) is 0.262. The SMILES string of the molecule is CC(=O)OC(COC(c1ccccc1)(c1ccccc1)c1ccccc1)C(OC(C)=O)C(Cn1c2nc(=O)[nH]c(=O)c-2nc2cc(C)c(C)cc21)OC(C)=O. The molecule has 2 heterocycles. The van der Waals surface area contributed by atoms with Crippen molar-refractivity contribution in [2.75, 3.05) is 6.61 Å². The highest BCUT2D eigenvalue weighted by Crippen LogP contribution is 2.41. The van der Waals surface area contributed by atoms with Crippen LogP contribution in [0.1, 0.15) is 48.6 Å². The average molecular weight is 745 g/mol. The normalized spacial score (nSPS) is 13.2. The van der Waals surface area contributed by atoms with Crippen molar-refractivity contribution >= 4 is 28.9 Å². The van der Waals surface area contributed by atoms with Gasteiger partial charge in [-0.1, -0.05) is 91.0 Å². The molecule has 0 radical (unpaired) electrons. The zero-order chi connectivity index (χ0) is 39.3. The van der Waals surface area contributed by atoms with E-state index in [9.17, 15) is 24.0 Å². The Labute approximate surface area is 316 Å². The second kappa shape index (κ2) is 16.3. The number of carbonyl (C=O) groups excluding carboxylic acids is 3. The van der Waals surface area contributed by atoms with Gasteiger partial charge in [0, 0.05) is 20.8 Å². The van der Waals surface area contributed by atoms with Gasteiger partial charge < -0.3 is 23.5 Å². The second-order valence-electron chi connectivity index (χ2n) is 13.2. The first-order valence-electron chi connectivity index (χ1n) is 17.6. The molecule has 3 atom stereocenters. The summed E-state index contributed by atoms with van der Waals surface area (Å²) < 4.78 is 26.2. The number of hydrogen-bond donors (Lipinski definition) is 1. The number of benzene rings is 4. The van der Waals surface area contributed by atoms with E-state index in [2.05, 4.69) is 15.0 Å². The molecule has 2 aliphatic rings. The van der Waals surface area contributed by atoms with Crippen molar-refractivity contribution in [1.29, 1.82) is 0 Å². The molecular weight excluding hydrogens is 704 g/mol. The number of aromatic nitrogens is 4. The number of fused-ring (bicyclic) bond motifs is 2. The van der Waals surface area contributed by atoms with Crippen molar-refractivity contribution in [1.82, 2.24) is 19.5 Å². The molecule has 4 aromatic rings. The highest BCUT2D eigenvalue weighted by Gasteiger charge is 2.43. The summed E-state index contributed by atoms with van der Waals surface area (Å²) in [5.41, 5.74) is 1.78. The van der Waals surface area contributed by atoms with Gasteiger partial charge in [0.25, 0.3) is 5.56 Å². The van der Waals surface area contributed by atoms with E-state index in [1.807, 2.05) is 105 Å². The van der Waals surface area contributed by atoms with Gasteiger partial charge in [-0.3, -0.25) is 24.2 Å². The molecule has 0 fully saturated rings. The third-order valence-corrected chi connectivity index (χ3v) is 9.26. The minimum atomic E-state index is -1.48. The predicted molar refractivity (Wildman–Crippen MR) is 202 cm³/mol. The van der Waals surface area contributed by atoms with E-state index in [0.29, 0.717) is 11.0 Å². The van der Waals surface area contributed by atoms with Crippen molar-refractivity contribution in [3.63, 3.8) is 0 Å². The number of ether oxygens (including phenoxy) is 4. The predicted octanol–water partition coefficient (Wildman–Crippen LogP) is 5.01. The Balaban J connectivity index is 1.52. The van der Waals surface area contributed by atoms with Crippen LogP contribution in [0.2, 0.25) is 0 Å². The lowest BCUT2D eigenvalue weighted by molar-refractivity contribution is -0.192. The van der Waals surface area contributed by atoms with Gasteiger partial charge in [-0.15, -0.1) is 0 Å². The van der Waals surface area contributed by atoms with Crippen molar-refractivity contribution in [2.24, 2.45) is 0 Å². The van der Waals surface area contributed by atoms with Gasteiger partial charge in [-0.05, 0) is 53.8 Å². The van der Waals surface area contributed by atoms with Gasteiger partial charge in [-0.2, -0.15) is 4.98 Å². The summed E-state index contributed by atoms with van der Waals surface area (Å²) in [4.78, 5) is 75.0. The molecule has 13 heteroatoms. The first kappa shape index (κ1) is 38.3. The molecule has 55 heavy (non-hydrogen) atoms. The Morgan fingerprint density at radius 3 is 1.69 bits per heavy atom.